The Hall–Kier alpha value is -1.52. The molecule has 1 aliphatic carbocycles. The quantitative estimate of drug-likeness (QED) is 0.507. The Bertz CT molecular complexity index is 769. The normalized spacial score (nSPS) is 21.2. The molecule has 0 bridgehead atoms. The van der Waals surface area contributed by atoms with Gasteiger partial charge in [0.1, 0.15) is 17.2 Å². The highest BCUT2D eigenvalue weighted by molar-refractivity contribution is 7.15. The van der Waals surface area contributed by atoms with E-state index >= 15 is 0 Å². The molecule has 1 aromatic heterocycles. The van der Waals surface area contributed by atoms with Crippen LogP contribution in [0.25, 0.3) is 10.6 Å². The fourth-order valence-corrected chi connectivity index (χ4v) is 4.74. The molecule has 0 spiro atoms. The molecule has 0 amide bonds. The maximum Gasteiger partial charge on any atom is 0.152 e. The number of aromatic nitrogens is 1. The monoisotopic (exact) mass is 375 g/mol. The van der Waals surface area contributed by atoms with Crippen molar-refractivity contribution in [3.05, 3.63) is 39.9 Å². The molecular weight excluding hydrogens is 354 g/mol. The number of hydrogen-bond acceptors (Lipinski definition) is 4. The van der Waals surface area contributed by atoms with Gasteiger partial charge in [0.15, 0.2) is 5.78 Å². The summed E-state index contributed by atoms with van der Waals surface area (Å²) in [5.74, 6) is -0.132. The van der Waals surface area contributed by atoms with Crippen molar-refractivity contribution in [2.45, 2.75) is 45.4 Å². The molecule has 132 valence electrons. The minimum atomic E-state index is -0.734. The third-order valence-corrected chi connectivity index (χ3v) is 6.49. The number of benzene rings is 1. The van der Waals surface area contributed by atoms with Gasteiger partial charge in [0, 0.05) is 21.4 Å². The number of halogens is 1. The molecule has 1 saturated carbocycles. The lowest BCUT2D eigenvalue weighted by Crippen LogP contribution is -2.22. The van der Waals surface area contributed by atoms with Crippen LogP contribution in [0, 0.1) is 11.8 Å². The Morgan fingerprint density at radius 3 is 2.64 bits per heavy atom. The molecule has 1 heterocycles. The average Bonchev–Trinajstić information content (AvgIpc) is 3.23. The summed E-state index contributed by atoms with van der Waals surface area (Å²) in [6, 6.07) is 7.49. The van der Waals surface area contributed by atoms with Crippen LogP contribution in [-0.2, 0) is 16.0 Å². The van der Waals surface area contributed by atoms with Crippen LogP contribution in [0.3, 0.4) is 0 Å². The van der Waals surface area contributed by atoms with Gasteiger partial charge in [-0.1, -0.05) is 37.6 Å². The van der Waals surface area contributed by atoms with Gasteiger partial charge in [0.05, 0.1) is 5.69 Å². The molecule has 25 heavy (non-hydrogen) atoms. The van der Waals surface area contributed by atoms with Crippen molar-refractivity contribution in [2.24, 2.45) is 11.8 Å². The molecule has 1 aromatic carbocycles. The van der Waals surface area contributed by atoms with E-state index in [-0.39, 0.29) is 11.7 Å². The van der Waals surface area contributed by atoms with Crippen molar-refractivity contribution in [1.82, 2.24) is 4.98 Å². The number of carbonyl (C=O) groups excluding carboxylic acids is 2. The number of carbonyl (C=O) groups is 2. The van der Waals surface area contributed by atoms with E-state index in [0.717, 1.165) is 47.4 Å². The molecule has 3 rings (SSSR count). The Labute approximate surface area is 157 Å². The SMILES string of the molecule is CCc1sc(-c2ccc(Cl)cc2)nc1C(C=O)C(=O)[C@@H]1CC[C@@H](C)C1. The zero-order valence-electron chi connectivity index (χ0n) is 14.5. The molecule has 3 nitrogen and oxygen atoms in total. The number of nitrogens with zero attached hydrogens (tertiary/aromatic N) is 1. The topological polar surface area (TPSA) is 47.0 Å². The van der Waals surface area contributed by atoms with Gasteiger partial charge < -0.3 is 4.79 Å². The Morgan fingerprint density at radius 2 is 2.08 bits per heavy atom. The lowest BCUT2D eigenvalue weighted by Gasteiger charge is -2.14. The third kappa shape index (κ3) is 3.85. The van der Waals surface area contributed by atoms with Crippen molar-refractivity contribution in [3.8, 4) is 10.6 Å². The second kappa shape index (κ2) is 7.79. The lowest BCUT2D eigenvalue weighted by atomic mass is 9.89. The minimum Gasteiger partial charge on any atom is -0.302 e. The summed E-state index contributed by atoms with van der Waals surface area (Å²) in [5.41, 5.74) is 1.61. The Kier molecular flexibility index (Phi) is 5.70. The van der Waals surface area contributed by atoms with E-state index in [2.05, 4.69) is 11.9 Å². The van der Waals surface area contributed by atoms with E-state index in [1.165, 1.54) is 0 Å². The van der Waals surface area contributed by atoms with Crippen molar-refractivity contribution < 1.29 is 9.59 Å². The highest BCUT2D eigenvalue weighted by Crippen LogP contribution is 2.37. The number of Topliss-reactive ketones (excluding diaryl/α,β-unsaturated/α-hetero) is 1. The lowest BCUT2D eigenvalue weighted by molar-refractivity contribution is -0.127. The van der Waals surface area contributed by atoms with Gasteiger partial charge in [-0.05, 0) is 43.7 Å². The highest BCUT2D eigenvalue weighted by Gasteiger charge is 2.35. The van der Waals surface area contributed by atoms with Crippen molar-refractivity contribution in [3.63, 3.8) is 0 Å². The van der Waals surface area contributed by atoms with Gasteiger partial charge in [-0.25, -0.2) is 4.98 Å². The first kappa shape index (κ1) is 18.3. The molecule has 1 fully saturated rings. The van der Waals surface area contributed by atoms with Crippen LogP contribution < -0.4 is 0 Å². The van der Waals surface area contributed by atoms with E-state index in [1.54, 1.807) is 11.3 Å². The molecule has 3 atom stereocenters. The maximum atomic E-state index is 12.9. The molecule has 0 aliphatic heterocycles. The Balaban J connectivity index is 1.92. The van der Waals surface area contributed by atoms with Crippen molar-refractivity contribution in [1.29, 1.82) is 0 Å². The van der Waals surface area contributed by atoms with Crippen LogP contribution in [-0.4, -0.2) is 17.1 Å². The summed E-state index contributed by atoms with van der Waals surface area (Å²) in [5, 5.41) is 1.51. The summed E-state index contributed by atoms with van der Waals surface area (Å²) >= 11 is 7.51. The summed E-state index contributed by atoms with van der Waals surface area (Å²) < 4.78 is 0. The summed E-state index contributed by atoms with van der Waals surface area (Å²) in [6.07, 6.45) is 4.39. The average molecular weight is 376 g/mol. The number of ketones is 1. The number of rotatable bonds is 6. The molecular formula is C20H22ClNO2S. The molecule has 0 N–H and O–H groups in total. The first-order chi connectivity index (χ1) is 12.0. The largest absolute Gasteiger partial charge is 0.302 e. The van der Waals surface area contributed by atoms with Gasteiger partial charge in [-0.2, -0.15) is 0 Å². The van der Waals surface area contributed by atoms with E-state index in [1.807, 2.05) is 31.2 Å². The van der Waals surface area contributed by atoms with Crippen LogP contribution >= 0.6 is 22.9 Å². The molecule has 5 heteroatoms. The van der Waals surface area contributed by atoms with Crippen LogP contribution in [0.15, 0.2) is 24.3 Å². The van der Waals surface area contributed by atoms with Crippen molar-refractivity contribution >= 4 is 35.0 Å². The predicted octanol–water partition coefficient (Wildman–Crippen LogP) is 5.31. The number of hydrogen-bond donors (Lipinski definition) is 0. The number of aryl methyl sites for hydroxylation is 1. The standard InChI is InChI=1S/C20H22ClNO2S/c1-3-17-18(16(11-23)19(24)14-5-4-12(2)10-14)22-20(25-17)13-6-8-15(21)9-7-13/h6-9,11-12,14,16H,3-5,10H2,1-2H3/t12-,14-,16?/m1/s1. The molecule has 2 aromatic rings. The van der Waals surface area contributed by atoms with Gasteiger partial charge in [-0.3, -0.25) is 4.79 Å². The minimum absolute atomic E-state index is 0.00409. The van der Waals surface area contributed by atoms with Crippen LogP contribution in [0.4, 0.5) is 0 Å². The van der Waals surface area contributed by atoms with E-state index in [0.29, 0.717) is 16.6 Å². The third-order valence-electron chi connectivity index (χ3n) is 4.97. The van der Waals surface area contributed by atoms with Gasteiger partial charge >= 0.3 is 0 Å². The number of thiazole rings is 1. The summed E-state index contributed by atoms with van der Waals surface area (Å²) in [6.45, 7) is 4.20. The number of aldehydes is 1. The summed E-state index contributed by atoms with van der Waals surface area (Å²) in [4.78, 5) is 30.4. The van der Waals surface area contributed by atoms with Gasteiger partial charge in [0.2, 0.25) is 0 Å². The van der Waals surface area contributed by atoms with E-state index in [4.69, 9.17) is 11.6 Å². The fourth-order valence-electron chi connectivity index (χ4n) is 3.56. The van der Waals surface area contributed by atoms with Gasteiger partial charge in [-0.15, -0.1) is 11.3 Å². The second-order valence-corrected chi connectivity index (χ2v) is 8.34. The zero-order chi connectivity index (χ0) is 18.0. The first-order valence-corrected chi connectivity index (χ1v) is 9.97. The van der Waals surface area contributed by atoms with E-state index < -0.39 is 5.92 Å². The molecule has 0 radical (unpaired) electrons. The zero-order valence-corrected chi connectivity index (χ0v) is 16.1. The van der Waals surface area contributed by atoms with Crippen LogP contribution in [0.1, 0.15) is 49.6 Å². The highest BCUT2D eigenvalue weighted by atomic mass is 35.5. The fraction of sp³-hybridized carbons (Fsp3) is 0.450. The van der Waals surface area contributed by atoms with E-state index in [9.17, 15) is 9.59 Å². The van der Waals surface area contributed by atoms with Crippen LogP contribution in [0.2, 0.25) is 5.02 Å². The van der Waals surface area contributed by atoms with Crippen LogP contribution in [0.5, 0.6) is 0 Å². The molecule has 1 unspecified atom stereocenters. The Morgan fingerprint density at radius 1 is 1.36 bits per heavy atom. The first-order valence-electron chi connectivity index (χ1n) is 8.78. The van der Waals surface area contributed by atoms with Crippen molar-refractivity contribution in [2.75, 3.05) is 0 Å². The smallest absolute Gasteiger partial charge is 0.152 e. The molecule has 1 aliphatic rings. The molecule has 0 saturated heterocycles. The maximum absolute atomic E-state index is 12.9. The summed E-state index contributed by atoms with van der Waals surface area (Å²) in [7, 11) is 0. The van der Waals surface area contributed by atoms with Gasteiger partial charge in [0.25, 0.3) is 0 Å². The predicted molar refractivity (Wildman–Crippen MR) is 102 cm³/mol. The second-order valence-electron chi connectivity index (χ2n) is 6.82.